The molecule has 7 heteroatoms. The average Bonchev–Trinajstić information content (AvgIpc) is 2.66. The number of nitro groups is 1. The van der Waals surface area contributed by atoms with Gasteiger partial charge < -0.3 is 14.8 Å². The number of hydrogen-bond acceptors (Lipinski definition) is 5. The van der Waals surface area contributed by atoms with Crippen LogP contribution in [0.2, 0.25) is 0 Å². The molecule has 2 aromatic carbocycles. The number of nitrogens with zero attached hydrogens (tertiary/aromatic N) is 1. The number of ether oxygens (including phenoxy) is 2. The van der Waals surface area contributed by atoms with Crippen LogP contribution in [0.25, 0.3) is 0 Å². The molecule has 0 saturated heterocycles. The van der Waals surface area contributed by atoms with E-state index in [0.29, 0.717) is 5.75 Å². The van der Waals surface area contributed by atoms with Crippen molar-refractivity contribution >= 4 is 11.6 Å². The van der Waals surface area contributed by atoms with Gasteiger partial charge in [0.2, 0.25) is 5.75 Å². The van der Waals surface area contributed by atoms with Crippen molar-refractivity contribution < 1.29 is 19.2 Å². The molecule has 1 aliphatic rings. The molecule has 0 radical (unpaired) electrons. The fraction of sp³-hybridized carbons (Fsp3) is 0.316. The summed E-state index contributed by atoms with van der Waals surface area (Å²) < 4.78 is 10.5. The lowest BCUT2D eigenvalue weighted by atomic mass is 9.88. The topological polar surface area (TPSA) is 90.7 Å². The highest BCUT2D eigenvalue weighted by Gasteiger charge is 2.21. The third-order valence-corrected chi connectivity index (χ3v) is 4.42. The molecule has 7 nitrogen and oxygen atoms in total. The molecule has 0 heterocycles. The van der Waals surface area contributed by atoms with Gasteiger partial charge in [-0.2, -0.15) is 0 Å². The normalized spacial score (nSPS) is 15.7. The molecule has 1 aliphatic carbocycles. The maximum absolute atomic E-state index is 12.2. The van der Waals surface area contributed by atoms with Gasteiger partial charge in [-0.1, -0.05) is 24.3 Å². The Morgan fingerprint density at radius 2 is 2.12 bits per heavy atom. The largest absolute Gasteiger partial charge is 0.490 e. The van der Waals surface area contributed by atoms with Crippen molar-refractivity contribution in [2.45, 2.75) is 25.3 Å². The van der Waals surface area contributed by atoms with Gasteiger partial charge in [-0.05, 0) is 36.5 Å². The summed E-state index contributed by atoms with van der Waals surface area (Å²) in [6.45, 7) is -0.167. The summed E-state index contributed by atoms with van der Waals surface area (Å²) in [5.41, 5.74) is 2.28. The number of rotatable bonds is 6. The molecule has 0 unspecified atom stereocenters. The predicted molar refractivity (Wildman–Crippen MR) is 95.4 cm³/mol. The smallest absolute Gasteiger partial charge is 0.311 e. The molecular weight excluding hydrogens is 336 g/mol. The minimum Gasteiger partial charge on any atom is -0.490 e. The highest BCUT2D eigenvalue weighted by molar-refractivity contribution is 5.78. The molecule has 0 spiro atoms. The van der Waals surface area contributed by atoms with Crippen LogP contribution in [-0.4, -0.2) is 24.5 Å². The third kappa shape index (κ3) is 3.93. The van der Waals surface area contributed by atoms with Gasteiger partial charge in [-0.15, -0.1) is 0 Å². The van der Waals surface area contributed by atoms with Crippen LogP contribution in [0.3, 0.4) is 0 Å². The number of carbonyl (C=O) groups is 1. The van der Waals surface area contributed by atoms with Crippen LogP contribution in [0.1, 0.15) is 30.0 Å². The minimum atomic E-state index is -0.532. The van der Waals surface area contributed by atoms with Gasteiger partial charge in [-0.25, -0.2) is 0 Å². The van der Waals surface area contributed by atoms with Crippen molar-refractivity contribution in [1.82, 2.24) is 5.32 Å². The number of hydrogen-bond donors (Lipinski definition) is 1. The Hall–Kier alpha value is -3.09. The number of fused-ring (bicyclic) bond motifs is 1. The summed E-state index contributed by atoms with van der Waals surface area (Å²) in [5, 5.41) is 13.9. The molecule has 0 bridgehead atoms. The first kappa shape index (κ1) is 17.7. The Labute approximate surface area is 151 Å². The van der Waals surface area contributed by atoms with Crippen LogP contribution in [0.15, 0.2) is 42.5 Å². The van der Waals surface area contributed by atoms with E-state index in [2.05, 4.69) is 11.4 Å². The molecule has 0 aliphatic heterocycles. The molecule has 0 saturated carbocycles. The van der Waals surface area contributed by atoms with E-state index >= 15 is 0 Å². The van der Waals surface area contributed by atoms with E-state index in [-0.39, 0.29) is 30.0 Å². The summed E-state index contributed by atoms with van der Waals surface area (Å²) in [4.78, 5) is 22.6. The first-order valence-corrected chi connectivity index (χ1v) is 8.41. The zero-order valence-electron chi connectivity index (χ0n) is 14.4. The molecule has 2 aromatic rings. The van der Waals surface area contributed by atoms with Crippen molar-refractivity contribution in [1.29, 1.82) is 0 Å². The number of carbonyl (C=O) groups excluding carboxylic acids is 1. The standard InChI is InChI=1S/C19H20N2O5/c1-25-18-11-14(9-10-17(18)21(23)24)26-12-19(22)20-16-8-4-6-13-5-2-3-7-15(13)16/h2-3,5,7,9-11,16H,4,6,8,12H2,1H3,(H,20,22)/t16-/m0/s1. The Balaban J connectivity index is 1.61. The van der Waals surface area contributed by atoms with Gasteiger partial charge in [0.25, 0.3) is 5.91 Å². The van der Waals surface area contributed by atoms with Crippen LogP contribution in [0, 0.1) is 10.1 Å². The van der Waals surface area contributed by atoms with E-state index in [0.717, 1.165) is 24.8 Å². The molecule has 0 aromatic heterocycles. The Morgan fingerprint density at radius 3 is 2.88 bits per heavy atom. The van der Waals surface area contributed by atoms with E-state index in [4.69, 9.17) is 9.47 Å². The number of amides is 1. The number of nitrogens with one attached hydrogen (secondary N) is 1. The Bertz CT molecular complexity index is 821. The maximum Gasteiger partial charge on any atom is 0.311 e. The minimum absolute atomic E-state index is 0.0116. The Kier molecular flexibility index (Phi) is 5.36. The second-order valence-corrected chi connectivity index (χ2v) is 6.09. The van der Waals surface area contributed by atoms with Gasteiger partial charge in [0.05, 0.1) is 18.1 Å². The van der Waals surface area contributed by atoms with Crippen LogP contribution in [0.5, 0.6) is 11.5 Å². The Morgan fingerprint density at radius 1 is 1.31 bits per heavy atom. The molecule has 1 atom stereocenters. The third-order valence-electron chi connectivity index (χ3n) is 4.42. The van der Waals surface area contributed by atoms with E-state index in [1.165, 1.54) is 30.9 Å². The second kappa shape index (κ2) is 7.86. The van der Waals surface area contributed by atoms with E-state index in [9.17, 15) is 14.9 Å². The van der Waals surface area contributed by atoms with E-state index in [1.54, 1.807) is 0 Å². The summed E-state index contributed by atoms with van der Waals surface area (Å²) in [6.07, 6.45) is 2.96. The number of benzene rings is 2. The molecule has 26 heavy (non-hydrogen) atoms. The van der Waals surface area contributed by atoms with Gasteiger partial charge in [0.1, 0.15) is 5.75 Å². The molecule has 3 rings (SSSR count). The first-order valence-electron chi connectivity index (χ1n) is 8.41. The maximum atomic E-state index is 12.2. The van der Waals surface area contributed by atoms with Gasteiger partial charge in [-0.3, -0.25) is 14.9 Å². The summed E-state index contributed by atoms with van der Waals surface area (Å²) in [7, 11) is 1.35. The van der Waals surface area contributed by atoms with Crippen LogP contribution in [-0.2, 0) is 11.2 Å². The lowest BCUT2D eigenvalue weighted by Gasteiger charge is -2.26. The predicted octanol–water partition coefficient (Wildman–Crippen LogP) is 3.18. The molecule has 0 fully saturated rings. The van der Waals surface area contributed by atoms with E-state index in [1.807, 2.05) is 18.2 Å². The van der Waals surface area contributed by atoms with Gasteiger partial charge in [0.15, 0.2) is 6.61 Å². The van der Waals surface area contributed by atoms with Gasteiger partial charge >= 0.3 is 5.69 Å². The average molecular weight is 356 g/mol. The van der Waals surface area contributed by atoms with Gasteiger partial charge in [0, 0.05) is 12.1 Å². The van der Waals surface area contributed by atoms with Crippen LogP contribution >= 0.6 is 0 Å². The van der Waals surface area contributed by atoms with Crippen molar-refractivity contribution in [2.75, 3.05) is 13.7 Å². The SMILES string of the molecule is COc1cc(OCC(=O)N[C@H]2CCCc3ccccc32)ccc1[N+](=O)[O-]. The fourth-order valence-corrected chi connectivity index (χ4v) is 3.19. The molecular formula is C19H20N2O5. The van der Waals surface area contributed by atoms with Crippen LogP contribution in [0.4, 0.5) is 5.69 Å². The fourth-order valence-electron chi connectivity index (χ4n) is 3.19. The summed E-state index contributed by atoms with van der Waals surface area (Å²) in [6, 6.07) is 12.3. The van der Waals surface area contributed by atoms with Crippen LogP contribution < -0.4 is 14.8 Å². The first-order chi connectivity index (χ1) is 12.6. The number of nitro benzene ring substituents is 1. The monoisotopic (exact) mass is 356 g/mol. The van der Waals surface area contributed by atoms with Crippen molar-refractivity contribution in [2.24, 2.45) is 0 Å². The van der Waals surface area contributed by atoms with Crippen molar-refractivity contribution in [3.05, 3.63) is 63.7 Å². The second-order valence-electron chi connectivity index (χ2n) is 6.09. The highest BCUT2D eigenvalue weighted by Crippen LogP contribution is 2.31. The molecule has 136 valence electrons. The molecule has 1 N–H and O–H groups in total. The zero-order valence-corrected chi connectivity index (χ0v) is 14.4. The highest BCUT2D eigenvalue weighted by atomic mass is 16.6. The molecule has 1 amide bonds. The number of methoxy groups -OCH3 is 1. The lowest BCUT2D eigenvalue weighted by Crippen LogP contribution is -2.34. The van der Waals surface area contributed by atoms with E-state index < -0.39 is 4.92 Å². The van der Waals surface area contributed by atoms with Crippen molar-refractivity contribution in [3.8, 4) is 11.5 Å². The quantitative estimate of drug-likeness (QED) is 0.634. The summed E-state index contributed by atoms with van der Waals surface area (Å²) in [5.74, 6) is 0.199. The number of aryl methyl sites for hydroxylation is 1. The lowest BCUT2D eigenvalue weighted by molar-refractivity contribution is -0.385. The zero-order chi connectivity index (χ0) is 18.5. The summed E-state index contributed by atoms with van der Waals surface area (Å²) >= 11 is 0. The van der Waals surface area contributed by atoms with Crippen molar-refractivity contribution in [3.63, 3.8) is 0 Å².